The van der Waals surface area contributed by atoms with Gasteiger partial charge in [0.15, 0.2) is 0 Å². The molecule has 2 nitrogen and oxygen atoms in total. The first kappa shape index (κ1) is 11.5. The Morgan fingerprint density at radius 2 is 2.11 bits per heavy atom. The molecule has 0 amide bonds. The first-order chi connectivity index (χ1) is 9.33. The fourth-order valence-electron chi connectivity index (χ4n) is 4.15. The molecule has 1 N–H and O–H groups in total. The lowest BCUT2D eigenvalue weighted by Gasteiger charge is -2.30. The van der Waals surface area contributed by atoms with Gasteiger partial charge in [-0.1, -0.05) is 25.1 Å². The number of aromatic nitrogens is 1. The summed E-state index contributed by atoms with van der Waals surface area (Å²) in [6, 6.07) is 9.62. The number of hydrogen-bond acceptors (Lipinski definition) is 1. The van der Waals surface area contributed by atoms with Gasteiger partial charge in [-0.15, -0.1) is 0 Å². The Labute approximate surface area is 114 Å². The maximum Gasteiger partial charge on any atom is 0.0459 e. The fraction of sp³-hybridized carbons (Fsp3) is 0.529. The van der Waals surface area contributed by atoms with Gasteiger partial charge in [-0.3, -0.25) is 0 Å². The van der Waals surface area contributed by atoms with E-state index < -0.39 is 0 Å². The molecule has 0 spiro atoms. The van der Waals surface area contributed by atoms with E-state index in [4.69, 9.17) is 0 Å². The molecule has 0 saturated carbocycles. The van der Waals surface area contributed by atoms with Crippen molar-refractivity contribution in [1.82, 2.24) is 9.88 Å². The van der Waals surface area contributed by atoms with Crippen LogP contribution in [0.4, 0.5) is 0 Å². The van der Waals surface area contributed by atoms with Crippen LogP contribution in [0.15, 0.2) is 24.3 Å². The van der Waals surface area contributed by atoms with E-state index >= 15 is 0 Å². The standard InChI is InChI=1S/C17H22N2/c1-12-11-13-5-4-9-19(13)10-8-15-14-6-2-3-7-16(14)18-17(12)15/h2-3,6-7,12-13,18H,4-5,8-11H2,1H3. The van der Waals surface area contributed by atoms with E-state index in [1.807, 2.05) is 0 Å². The molecular formula is C17H22N2. The summed E-state index contributed by atoms with van der Waals surface area (Å²) in [5.41, 5.74) is 4.41. The highest BCUT2D eigenvalue weighted by Gasteiger charge is 2.30. The minimum Gasteiger partial charge on any atom is -0.358 e. The molecule has 4 rings (SSSR count). The molecule has 2 atom stereocenters. The number of aromatic amines is 1. The molecule has 100 valence electrons. The Kier molecular flexibility index (Phi) is 2.66. The van der Waals surface area contributed by atoms with Crippen LogP contribution in [0.25, 0.3) is 10.9 Å². The van der Waals surface area contributed by atoms with E-state index in [1.165, 1.54) is 55.4 Å². The molecule has 1 aromatic carbocycles. The number of benzene rings is 1. The van der Waals surface area contributed by atoms with Crippen LogP contribution in [0.2, 0.25) is 0 Å². The van der Waals surface area contributed by atoms with Crippen molar-refractivity contribution < 1.29 is 0 Å². The second-order valence-corrected chi connectivity index (χ2v) is 6.28. The van der Waals surface area contributed by atoms with Crippen molar-refractivity contribution in [1.29, 1.82) is 0 Å². The fourth-order valence-corrected chi connectivity index (χ4v) is 4.15. The zero-order chi connectivity index (χ0) is 12.8. The summed E-state index contributed by atoms with van der Waals surface area (Å²) in [6.07, 6.45) is 5.33. The van der Waals surface area contributed by atoms with Gasteiger partial charge in [0.25, 0.3) is 0 Å². The van der Waals surface area contributed by atoms with E-state index in [0.717, 1.165) is 6.04 Å². The summed E-state index contributed by atoms with van der Waals surface area (Å²) in [5, 5.41) is 1.45. The molecule has 3 heterocycles. The highest BCUT2D eigenvalue weighted by atomic mass is 15.2. The molecule has 2 unspecified atom stereocenters. The van der Waals surface area contributed by atoms with E-state index in [-0.39, 0.29) is 0 Å². The van der Waals surface area contributed by atoms with Crippen LogP contribution in [0.5, 0.6) is 0 Å². The monoisotopic (exact) mass is 254 g/mol. The summed E-state index contributed by atoms with van der Waals surface area (Å²) < 4.78 is 0. The molecule has 2 aliphatic heterocycles. The second kappa shape index (κ2) is 4.38. The van der Waals surface area contributed by atoms with E-state index in [0.29, 0.717) is 5.92 Å². The maximum absolute atomic E-state index is 3.69. The van der Waals surface area contributed by atoms with Crippen molar-refractivity contribution in [2.45, 2.75) is 44.6 Å². The van der Waals surface area contributed by atoms with Crippen LogP contribution in [-0.2, 0) is 6.42 Å². The first-order valence-electron chi connectivity index (χ1n) is 7.66. The van der Waals surface area contributed by atoms with Crippen LogP contribution in [0.3, 0.4) is 0 Å². The normalized spacial score (nSPS) is 27.8. The molecule has 1 fully saturated rings. The van der Waals surface area contributed by atoms with Gasteiger partial charge in [-0.05, 0) is 49.8 Å². The van der Waals surface area contributed by atoms with Crippen molar-refractivity contribution in [3.63, 3.8) is 0 Å². The zero-order valence-electron chi connectivity index (χ0n) is 11.7. The Hall–Kier alpha value is -1.28. The maximum atomic E-state index is 3.69. The predicted molar refractivity (Wildman–Crippen MR) is 79.6 cm³/mol. The summed E-state index contributed by atoms with van der Waals surface area (Å²) >= 11 is 0. The average Bonchev–Trinajstić information content (AvgIpc) is 2.99. The average molecular weight is 254 g/mol. The third kappa shape index (κ3) is 1.81. The number of H-pyrrole nitrogens is 1. The molecule has 2 aromatic rings. The Bertz CT molecular complexity index is 598. The van der Waals surface area contributed by atoms with Gasteiger partial charge in [0.1, 0.15) is 0 Å². The second-order valence-electron chi connectivity index (χ2n) is 6.28. The van der Waals surface area contributed by atoms with Crippen molar-refractivity contribution in [3.05, 3.63) is 35.5 Å². The molecule has 0 radical (unpaired) electrons. The van der Waals surface area contributed by atoms with Gasteiger partial charge in [-0.2, -0.15) is 0 Å². The SMILES string of the molecule is CC1CC2CCCN2CCc2c1[nH]c1ccccc21. The smallest absolute Gasteiger partial charge is 0.0459 e. The van der Waals surface area contributed by atoms with Crippen LogP contribution < -0.4 is 0 Å². The topological polar surface area (TPSA) is 19.0 Å². The summed E-state index contributed by atoms with van der Waals surface area (Å²) in [6.45, 7) is 4.96. The van der Waals surface area contributed by atoms with Gasteiger partial charge >= 0.3 is 0 Å². The summed E-state index contributed by atoms with van der Waals surface area (Å²) in [7, 11) is 0. The Balaban J connectivity index is 1.81. The highest BCUT2D eigenvalue weighted by molar-refractivity contribution is 5.84. The summed E-state index contributed by atoms with van der Waals surface area (Å²) in [5.74, 6) is 0.660. The minimum absolute atomic E-state index is 0.660. The van der Waals surface area contributed by atoms with Crippen molar-refractivity contribution in [2.75, 3.05) is 13.1 Å². The number of rotatable bonds is 0. The van der Waals surface area contributed by atoms with Crippen LogP contribution in [-0.4, -0.2) is 29.0 Å². The van der Waals surface area contributed by atoms with Crippen LogP contribution >= 0.6 is 0 Å². The Morgan fingerprint density at radius 3 is 3.05 bits per heavy atom. The molecule has 0 bridgehead atoms. The van der Waals surface area contributed by atoms with Gasteiger partial charge in [0, 0.05) is 29.2 Å². The van der Waals surface area contributed by atoms with Crippen LogP contribution in [0, 0.1) is 0 Å². The molecule has 1 saturated heterocycles. The molecule has 2 heteroatoms. The molecule has 19 heavy (non-hydrogen) atoms. The number of para-hydroxylation sites is 1. The van der Waals surface area contributed by atoms with Gasteiger partial charge in [0.2, 0.25) is 0 Å². The van der Waals surface area contributed by atoms with E-state index in [9.17, 15) is 0 Å². The number of nitrogens with zero attached hydrogens (tertiary/aromatic N) is 1. The Morgan fingerprint density at radius 1 is 1.21 bits per heavy atom. The lowest BCUT2D eigenvalue weighted by Crippen LogP contribution is -2.34. The van der Waals surface area contributed by atoms with E-state index in [1.54, 1.807) is 5.56 Å². The van der Waals surface area contributed by atoms with Gasteiger partial charge < -0.3 is 9.88 Å². The van der Waals surface area contributed by atoms with Gasteiger partial charge in [0.05, 0.1) is 0 Å². The van der Waals surface area contributed by atoms with Crippen molar-refractivity contribution >= 4 is 10.9 Å². The molecule has 0 aliphatic carbocycles. The lowest BCUT2D eigenvalue weighted by atomic mass is 9.91. The van der Waals surface area contributed by atoms with Crippen molar-refractivity contribution in [2.24, 2.45) is 0 Å². The van der Waals surface area contributed by atoms with E-state index in [2.05, 4.69) is 41.1 Å². The molecule has 2 aliphatic rings. The highest BCUT2D eigenvalue weighted by Crippen LogP contribution is 2.35. The number of nitrogens with one attached hydrogen (secondary N) is 1. The number of fused-ring (bicyclic) bond motifs is 4. The molecule has 1 aromatic heterocycles. The lowest BCUT2D eigenvalue weighted by molar-refractivity contribution is 0.231. The third-order valence-corrected chi connectivity index (χ3v) is 5.11. The first-order valence-corrected chi connectivity index (χ1v) is 7.66. The molecular weight excluding hydrogens is 232 g/mol. The third-order valence-electron chi connectivity index (χ3n) is 5.11. The van der Waals surface area contributed by atoms with Crippen molar-refractivity contribution in [3.8, 4) is 0 Å². The predicted octanol–water partition coefficient (Wildman–Crippen LogP) is 3.68. The zero-order valence-corrected chi connectivity index (χ0v) is 11.7. The number of hydrogen-bond donors (Lipinski definition) is 1. The van der Waals surface area contributed by atoms with Crippen LogP contribution in [0.1, 0.15) is 43.4 Å². The quantitative estimate of drug-likeness (QED) is 0.760. The summed E-state index contributed by atoms with van der Waals surface area (Å²) in [4.78, 5) is 6.42. The van der Waals surface area contributed by atoms with Gasteiger partial charge in [-0.25, -0.2) is 0 Å². The minimum atomic E-state index is 0.660. The largest absolute Gasteiger partial charge is 0.358 e.